The van der Waals surface area contributed by atoms with Crippen molar-refractivity contribution in [2.24, 2.45) is 5.92 Å². The Morgan fingerprint density at radius 1 is 1.21 bits per heavy atom. The molecule has 0 saturated carbocycles. The number of benzene rings is 1. The van der Waals surface area contributed by atoms with Gasteiger partial charge in [-0.15, -0.1) is 12.4 Å². The molecule has 2 heterocycles. The van der Waals surface area contributed by atoms with Gasteiger partial charge >= 0.3 is 0 Å². The Morgan fingerprint density at radius 2 is 1.96 bits per heavy atom. The highest BCUT2D eigenvalue weighted by atomic mass is 35.5. The van der Waals surface area contributed by atoms with Crippen molar-refractivity contribution in [3.63, 3.8) is 0 Å². The van der Waals surface area contributed by atoms with Crippen LogP contribution in [-0.2, 0) is 9.53 Å². The minimum Gasteiger partial charge on any atom is -0.382 e. The van der Waals surface area contributed by atoms with Gasteiger partial charge in [0.2, 0.25) is 5.91 Å². The minimum atomic E-state index is -0.127. The lowest BCUT2D eigenvalue weighted by molar-refractivity contribution is -0.117. The van der Waals surface area contributed by atoms with Crippen LogP contribution >= 0.6 is 12.4 Å². The van der Waals surface area contributed by atoms with E-state index in [2.05, 4.69) is 16.0 Å². The van der Waals surface area contributed by atoms with Crippen molar-refractivity contribution in [2.45, 2.75) is 57.5 Å². The average Bonchev–Trinajstić information content (AvgIpc) is 2.99. The topological polar surface area (TPSA) is 79.5 Å². The van der Waals surface area contributed by atoms with Crippen LogP contribution in [0.1, 0.15) is 55.8 Å². The maximum Gasteiger partial charge on any atom is 0.251 e. The van der Waals surface area contributed by atoms with E-state index in [1.54, 1.807) is 18.2 Å². The van der Waals surface area contributed by atoms with E-state index in [0.29, 0.717) is 55.4 Å². The van der Waals surface area contributed by atoms with Crippen molar-refractivity contribution in [3.05, 3.63) is 29.8 Å². The second-order valence-electron chi connectivity index (χ2n) is 7.61. The fourth-order valence-corrected chi connectivity index (χ4v) is 4.18. The van der Waals surface area contributed by atoms with E-state index in [1.807, 2.05) is 13.0 Å². The first kappa shape index (κ1) is 22.7. The minimum absolute atomic E-state index is 0. The van der Waals surface area contributed by atoms with Crippen LogP contribution < -0.4 is 16.0 Å². The molecule has 2 aliphatic heterocycles. The molecule has 0 radical (unpaired) electrons. The predicted molar refractivity (Wildman–Crippen MR) is 113 cm³/mol. The Balaban J connectivity index is 0.00000280. The SMILES string of the molecule is CCOCCCNC(=O)c1cccc(NC(=O)CC2CC3CCC(C2)N3)c1.Cl. The smallest absolute Gasteiger partial charge is 0.251 e. The summed E-state index contributed by atoms with van der Waals surface area (Å²) in [6.07, 6.45) is 6.01. The van der Waals surface area contributed by atoms with Crippen LogP contribution in [0.3, 0.4) is 0 Å². The lowest BCUT2D eigenvalue weighted by Crippen LogP contribution is -2.39. The highest BCUT2D eigenvalue weighted by molar-refractivity contribution is 5.97. The van der Waals surface area contributed by atoms with Crippen molar-refractivity contribution in [2.75, 3.05) is 25.1 Å². The van der Waals surface area contributed by atoms with Gasteiger partial charge in [-0.1, -0.05) is 6.07 Å². The summed E-state index contributed by atoms with van der Waals surface area (Å²) in [5.74, 6) is 0.369. The Labute approximate surface area is 173 Å². The summed E-state index contributed by atoms with van der Waals surface area (Å²) in [5, 5.41) is 9.45. The molecule has 1 aromatic carbocycles. The number of piperidine rings is 1. The van der Waals surface area contributed by atoms with Gasteiger partial charge in [-0.25, -0.2) is 0 Å². The molecule has 2 unspecified atom stereocenters. The lowest BCUT2D eigenvalue weighted by Gasteiger charge is -2.28. The zero-order valence-electron chi connectivity index (χ0n) is 16.5. The number of halogens is 1. The Morgan fingerprint density at radius 3 is 2.68 bits per heavy atom. The molecule has 2 saturated heterocycles. The van der Waals surface area contributed by atoms with Crippen LogP contribution in [0.5, 0.6) is 0 Å². The van der Waals surface area contributed by atoms with Crippen LogP contribution in [0.4, 0.5) is 5.69 Å². The molecule has 2 amide bonds. The first-order chi connectivity index (χ1) is 13.1. The van der Waals surface area contributed by atoms with Gasteiger partial charge in [0.05, 0.1) is 0 Å². The first-order valence-electron chi connectivity index (χ1n) is 10.2. The summed E-state index contributed by atoms with van der Waals surface area (Å²) in [5.41, 5.74) is 1.24. The van der Waals surface area contributed by atoms with Gasteiger partial charge in [-0.3, -0.25) is 9.59 Å². The molecule has 0 aromatic heterocycles. The van der Waals surface area contributed by atoms with Crippen molar-refractivity contribution in [3.8, 4) is 0 Å². The number of hydrogen-bond donors (Lipinski definition) is 3. The van der Waals surface area contributed by atoms with E-state index in [0.717, 1.165) is 19.3 Å². The molecule has 0 aliphatic carbocycles. The molecular formula is C21H32ClN3O3. The number of carbonyl (C=O) groups excluding carboxylic acids is 2. The summed E-state index contributed by atoms with van der Waals surface area (Å²) in [4.78, 5) is 24.7. The number of nitrogens with one attached hydrogen (secondary N) is 3. The Kier molecular flexibility index (Phi) is 9.22. The average molecular weight is 410 g/mol. The number of hydrogen-bond acceptors (Lipinski definition) is 4. The normalized spacial score (nSPS) is 23.0. The highest BCUT2D eigenvalue weighted by Gasteiger charge is 2.34. The molecule has 156 valence electrons. The van der Waals surface area contributed by atoms with Crippen molar-refractivity contribution in [1.29, 1.82) is 0 Å². The van der Waals surface area contributed by atoms with E-state index in [-0.39, 0.29) is 24.2 Å². The van der Waals surface area contributed by atoms with Gasteiger partial charge in [0, 0.05) is 49.5 Å². The molecule has 3 rings (SSSR count). The van der Waals surface area contributed by atoms with Gasteiger partial charge < -0.3 is 20.7 Å². The van der Waals surface area contributed by atoms with Crippen LogP contribution in [0.25, 0.3) is 0 Å². The van der Waals surface area contributed by atoms with Crippen LogP contribution in [-0.4, -0.2) is 43.7 Å². The maximum atomic E-state index is 12.4. The molecule has 7 heteroatoms. The number of anilines is 1. The quantitative estimate of drug-likeness (QED) is 0.547. The molecule has 2 atom stereocenters. The van der Waals surface area contributed by atoms with E-state index in [9.17, 15) is 9.59 Å². The highest BCUT2D eigenvalue weighted by Crippen LogP contribution is 2.32. The molecule has 2 aliphatic rings. The van der Waals surface area contributed by atoms with E-state index < -0.39 is 0 Å². The zero-order chi connectivity index (χ0) is 19.1. The largest absolute Gasteiger partial charge is 0.382 e. The van der Waals surface area contributed by atoms with E-state index in [4.69, 9.17) is 4.74 Å². The third-order valence-electron chi connectivity index (χ3n) is 5.41. The second kappa shape index (κ2) is 11.4. The second-order valence-corrected chi connectivity index (χ2v) is 7.61. The number of ether oxygens (including phenoxy) is 1. The molecule has 3 N–H and O–H groups in total. The first-order valence-corrected chi connectivity index (χ1v) is 10.2. The summed E-state index contributed by atoms with van der Waals surface area (Å²) in [7, 11) is 0. The van der Waals surface area contributed by atoms with Crippen molar-refractivity contribution >= 4 is 29.9 Å². The van der Waals surface area contributed by atoms with Gasteiger partial charge in [0.15, 0.2) is 0 Å². The fourth-order valence-electron chi connectivity index (χ4n) is 4.18. The van der Waals surface area contributed by atoms with E-state index >= 15 is 0 Å². The van der Waals surface area contributed by atoms with Gasteiger partial charge in [0.1, 0.15) is 0 Å². The van der Waals surface area contributed by atoms with Crippen molar-refractivity contribution < 1.29 is 14.3 Å². The summed E-state index contributed by atoms with van der Waals surface area (Å²) < 4.78 is 5.26. The maximum absolute atomic E-state index is 12.4. The van der Waals surface area contributed by atoms with Crippen LogP contribution in [0, 0.1) is 5.92 Å². The zero-order valence-corrected chi connectivity index (χ0v) is 17.4. The number of amides is 2. The van der Waals surface area contributed by atoms with Gasteiger partial charge in [-0.2, -0.15) is 0 Å². The van der Waals surface area contributed by atoms with E-state index in [1.165, 1.54) is 12.8 Å². The third kappa shape index (κ3) is 6.76. The molecule has 2 fully saturated rings. The monoisotopic (exact) mass is 409 g/mol. The Hall–Kier alpha value is -1.63. The van der Waals surface area contributed by atoms with Crippen molar-refractivity contribution in [1.82, 2.24) is 10.6 Å². The third-order valence-corrected chi connectivity index (χ3v) is 5.41. The summed E-state index contributed by atoms with van der Waals surface area (Å²) >= 11 is 0. The molecule has 6 nitrogen and oxygen atoms in total. The van der Waals surface area contributed by atoms with Gasteiger partial charge in [-0.05, 0) is 63.1 Å². The fraction of sp³-hybridized carbons (Fsp3) is 0.619. The van der Waals surface area contributed by atoms with Gasteiger partial charge in [0.25, 0.3) is 5.91 Å². The standard InChI is InChI=1S/C21H31N3O3.ClH/c1-2-27-10-4-9-22-21(26)16-5-3-6-17(14-16)24-20(25)13-15-11-18-7-8-19(12-15)23-18;/h3,5-6,14-15,18-19,23H,2,4,7-13H2,1H3,(H,22,26)(H,24,25);1H. The number of rotatable bonds is 9. The molecule has 0 spiro atoms. The molecule has 1 aromatic rings. The molecule has 2 bridgehead atoms. The van der Waals surface area contributed by atoms with Crippen LogP contribution in [0.15, 0.2) is 24.3 Å². The summed E-state index contributed by atoms with van der Waals surface area (Å²) in [6, 6.07) is 8.32. The number of fused-ring (bicyclic) bond motifs is 2. The lowest BCUT2D eigenvalue weighted by atomic mass is 9.89. The number of carbonyl (C=O) groups is 2. The van der Waals surface area contributed by atoms with Crippen LogP contribution in [0.2, 0.25) is 0 Å². The predicted octanol–water partition coefficient (Wildman–Crippen LogP) is 3.12. The molecular weight excluding hydrogens is 378 g/mol. The molecule has 28 heavy (non-hydrogen) atoms. The summed E-state index contributed by atoms with van der Waals surface area (Å²) in [6.45, 7) is 3.86. The Bertz CT molecular complexity index is 644.